The van der Waals surface area contributed by atoms with Gasteiger partial charge in [0.25, 0.3) is 0 Å². The Kier molecular flexibility index (Phi) is 2.91. The first-order valence-corrected chi connectivity index (χ1v) is 6.26. The molecule has 3 rings (SSSR count). The summed E-state index contributed by atoms with van der Waals surface area (Å²) in [5.41, 5.74) is 2.93. The second-order valence-electron chi connectivity index (χ2n) is 4.65. The average Bonchev–Trinajstić information content (AvgIpc) is 2.45. The lowest BCUT2D eigenvalue weighted by Gasteiger charge is -2.35. The molecule has 2 aromatic rings. The van der Waals surface area contributed by atoms with Crippen molar-refractivity contribution >= 4 is 17.3 Å². The molecule has 2 heterocycles. The Morgan fingerprint density at radius 3 is 2.58 bits per heavy atom. The van der Waals surface area contributed by atoms with Crippen molar-refractivity contribution < 1.29 is 4.79 Å². The largest absolute Gasteiger partial charge is 0.364 e. The summed E-state index contributed by atoms with van der Waals surface area (Å²) < 4.78 is 0. The van der Waals surface area contributed by atoms with Crippen LogP contribution in [0.1, 0.15) is 5.69 Å². The first kappa shape index (κ1) is 11.7. The summed E-state index contributed by atoms with van der Waals surface area (Å²) in [5.74, 6) is 0.104. The Morgan fingerprint density at radius 1 is 1.11 bits per heavy atom. The van der Waals surface area contributed by atoms with Gasteiger partial charge < -0.3 is 9.80 Å². The molecule has 0 saturated carbocycles. The first-order chi connectivity index (χ1) is 9.25. The lowest BCUT2D eigenvalue weighted by atomic mass is 10.1. The molecule has 0 saturated heterocycles. The summed E-state index contributed by atoms with van der Waals surface area (Å²) in [5, 5.41) is 0. The fourth-order valence-electron chi connectivity index (χ4n) is 2.35. The molecule has 0 atom stereocenters. The fraction of sp³-hybridized carbons (Fsp3) is 0.200. The van der Waals surface area contributed by atoms with E-state index in [0.29, 0.717) is 13.1 Å². The molecule has 4 heteroatoms. The lowest BCUT2D eigenvalue weighted by molar-refractivity contribution is -0.117. The molecule has 1 aliphatic heterocycles. The summed E-state index contributed by atoms with van der Waals surface area (Å²) in [7, 11) is 1.94. The molecular weight excluding hydrogens is 238 g/mol. The highest BCUT2D eigenvalue weighted by atomic mass is 16.2. The average molecular weight is 253 g/mol. The SMILES string of the molecule is CN1CC(=O)N(Cc2ccccn2)c2ccccc21. The van der Waals surface area contributed by atoms with Crippen LogP contribution < -0.4 is 9.80 Å². The molecule has 0 aliphatic carbocycles. The Hall–Kier alpha value is -2.36. The molecule has 0 radical (unpaired) electrons. The summed E-state index contributed by atoms with van der Waals surface area (Å²) in [6.45, 7) is 0.925. The third kappa shape index (κ3) is 2.17. The van der Waals surface area contributed by atoms with Gasteiger partial charge in [0.1, 0.15) is 0 Å². The second-order valence-corrected chi connectivity index (χ2v) is 4.65. The molecule has 1 aromatic carbocycles. The van der Waals surface area contributed by atoms with Crippen molar-refractivity contribution in [2.24, 2.45) is 0 Å². The normalized spacial score (nSPS) is 14.5. The number of benzene rings is 1. The van der Waals surface area contributed by atoms with Crippen molar-refractivity contribution in [2.75, 3.05) is 23.4 Å². The number of rotatable bonds is 2. The Balaban J connectivity index is 1.97. The number of hydrogen-bond donors (Lipinski definition) is 0. The number of likely N-dealkylation sites (N-methyl/N-ethyl adjacent to an activating group) is 1. The van der Waals surface area contributed by atoms with Crippen LogP contribution in [-0.4, -0.2) is 24.5 Å². The van der Waals surface area contributed by atoms with Gasteiger partial charge in [-0.15, -0.1) is 0 Å². The monoisotopic (exact) mass is 253 g/mol. The maximum atomic E-state index is 12.2. The van der Waals surface area contributed by atoms with E-state index in [4.69, 9.17) is 0 Å². The van der Waals surface area contributed by atoms with Gasteiger partial charge >= 0.3 is 0 Å². The van der Waals surface area contributed by atoms with Crippen LogP contribution in [0.4, 0.5) is 11.4 Å². The topological polar surface area (TPSA) is 36.4 Å². The zero-order valence-electron chi connectivity index (χ0n) is 10.8. The minimum atomic E-state index is 0.104. The van der Waals surface area contributed by atoms with E-state index in [2.05, 4.69) is 4.98 Å². The van der Waals surface area contributed by atoms with Crippen LogP contribution in [0.2, 0.25) is 0 Å². The van der Waals surface area contributed by atoms with Crippen LogP contribution in [0.15, 0.2) is 48.7 Å². The zero-order chi connectivity index (χ0) is 13.2. The highest BCUT2D eigenvalue weighted by Crippen LogP contribution is 2.32. The van der Waals surface area contributed by atoms with Gasteiger partial charge in [-0.3, -0.25) is 9.78 Å². The minimum Gasteiger partial charge on any atom is -0.364 e. The van der Waals surface area contributed by atoms with E-state index < -0.39 is 0 Å². The van der Waals surface area contributed by atoms with Crippen LogP contribution in [0, 0.1) is 0 Å². The summed E-state index contributed by atoms with van der Waals surface area (Å²) >= 11 is 0. The molecule has 1 amide bonds. The number of amides is 1. The van der Waals surface area contributed by atoms with Crippen LogP contribution >= 0.6 is 0 Å². The number of carbonyl (C=O) groups is 1. The molecule has 0 N–H and O–H groups in total. The number of anilines is 2. The van der Waals surface area contributed by atoms with Crippen molar-refractivity contribution in [3.63, 3.8) is 0 Å². The molecule has 1 aromatic heterocycles. The van der Waals surface area contributed by atoms with Gasteiger partial charge in [0.05, 0.1) is 30.2 Å². The third-order valence-corrected chi connectivity index (χ3v) is 3.30. The van der Waals surface area contributed by atoms with E-state index in [-0.39, 0.29) is 5.91 Å². The maximum absolute atomic E-state index is 12.2. The number of hydrogen-bond acceptors (Lipinski definition) is 3. The zero-order valence-corrected chi connectivity index (χ0v) is 10.8. The van der Waals surface area contributed by atoms with E-state index in [0.717, 1.165) is 17.1 Å². The summed E-state index contributed by atoms with van der Waals surface area (Å²) in [6, 6.07) is 13.7. The third-order valence-electron chi connectivity index (χ3n) is 3.30. The maximum Gasteiger partial charge on any atom is 0.246 e. The van der Waals surface area contributed by atoms with Crippen molar-refractivity contribution in [1.29, 1.82) is 0 Å². The number of fused-ring (bicyclic) bond motifs is 1. The van der Waals surface area contributed by atoms with E-state index in [1.807, 2.05) is 54.4 Å². The van der Waals surface area contributed by atoms with Crippen LogP contribution in [-0.2, 0) is 11.3 Å². The predicted octanol–water partition coefficient (Wildman–Crippen LogP) is 2.06. The van der Waals surface area contributed by atoms with Gasteiger partial charge in [-0.2, -0.15) is 0 Å². The molecule has 19 heavy (non-hydrogen) atoms. The van der Waals surface area contributed by atoms with Gasteiger partial charge in [0, 0.05) is 13.2 Å². The summed E-state index contributed by atoms with van der Waals surface area (Å²) in [4.78, 5) is 20.3. The van der Waals surface area contributed by atoms with Gasteiger partial charge in [0.2, 0.25) is 5.91 Å². The highest BCUT2D eigenvalue weighted by Gasteiger charge is 2.27. The highest BCUT2D eigenvalue weighted by molar-refractivity contribution is 6.02. The van der Waals surface area contributed by atoms with Crippen LogP contribution in [0.25, 0.3) is 0 Å². The fourth-order valence-corrected chi connectivity index (χ4v) is 2.35. The molecule has 0 spiro atoms. The minimum absolute atomic E-state index is 0.104. The molecule has 4 nitrogen and oxygen atoms in total. The second kappa shape index (κ2) is 4.72. The molecule has 96 valence electrons. The quantitative estimate of drug-likeness (QED) is 0.822. The predicted molar refractivity (Wildman–Crippen MR) is 75.1 cm³/mol. The molecular formula is C15H15N3O. The summed E-state index contributed by atoms with van der Waals surface area (Å²) in [6.07, 6.45) is 1.75. The molecule has 0 fully saturated rings. The standard InChI is InChI=1S/C15H15N3O/c1-17-11-15(19)18(10-12-6-4-5-9-16-12)14-8-3-2-7-13(14)17/h2-9H,10-11H2,1H3. The van der Waals surface area contributed by atoms with Gasteiger partial charge in [-0.25, -0.2) is 0 Å². The van der Waals surface area contributed by atoms with Gasteiger partial charge in [0.15, 0.2) is 0 Å². The first-order valence-electron chi connectivity index (χ1n) is 6.26. The van der Waals surface area contributed by atoms with E-state index in [1.54, 1.807) is 11.1 Å². The van der Waals surface area contributed by atoms with Crippen molar-refractivity contribution in [3.8, 4) is 0 Å². The number of carbonyl (C=O) groups excluding carboxylic acids is 1. The Bertz CT molecular complexity index is 597. The van der Waals surface area contributed by atoms with Crippen molar-refractivity contribution in [3.05, 3.63) is 54.4 Å². The van der Waals surface area contributed by atoms with Crippen LogP contribution in [0.5, 0.6) is 0 Å². The number of para-hydroxylation sites is 2. The molecule has 0 unspecified atom stereocenters. The molecule has 0 bridgehead atoms. The van der Waals surface area contributed by atoms with E-state index >= 15 is 0 Å². The van der Waals surface area contributed by atoms with Crippen molar-refractivity contribution in [2.45, 2.75) is 6.54 Å². The van der Waals surface area contributed by atoms with Gasteiger partial charge in [-0.1, -0.05) is 18.2 Å². The van der Waals surface area contributed by atoms with E-state index in [9.17, 15) is 4.79 Å². The van der Waals surface area contributed by atoms with Gasteiger partial charge in [-0.05, 0) is 24.3 Å². The smallest absolute Gasteiger partial charge is 0.246 e. The lowest BCUT2D eigenvalue weighted by Crippen LogP contribution is -2.43. The molecule has 1 aliphatic rings. The Labute approximate surface area is 112 Å². The number of pyridine rings is 1. The van der Waals surface area contributed by atoms with Crippen LogP contribution in [0.3, 0.4) is 0 Å². The number of aromatic nitrogens is 1. The number of nitrogens with zero attached hydrogens (tertiary/aromatic N) is 3. The Morgan fingerprint density at radius 2 is 1.84 bits per heavy atom. The van der Waals surface area contributed by atoms with Crippen molar-refractivity contribution in [1.82, 2.24) is 4.98 Å². The van der Waals surface area contributed by atoms with E-state index in [1.165, 1.54) is 0 Å².